The number of rotatable bonds is 5. The van der Waals surface area contributed by atoms with E-state index >= 15 is 8.78 Å². The fourth-order valence-electron chi connectivity index (χ4n) is 11.5. The Labute approximate surface area is 429 Å². The first-order valence-electron chi connectivity index (χ1n) is 24.7. The molecule has 8 heterocycles. The summed E-state index contributed by atoms with van der Waals surface area (Å²) in [6.45, 7) is 9.23. The highest BCUT2D eigenvalue weighted by Crippen LogP contribution is 2.52. The number of hydrogen-bond donors (Lipinski definition) is 2. The molecule has 2 spiro atoms. The zero-order valence-electron chi connectivity index (χ0n) is 40.5. The van der Waals surface area contributed by atoms with Gasteiger partial charge in [0.15, 0.2) is 11.5 Å². The number of aromatic nitrogens is 2. The van der Waals surface area contributed by atoms with E-state index in [0.29, 0.717) is 58.1 Å². The van der Waals surface area contributed by atoms with E-state index in [2.05, 4.69) is 4.90 Å². The SMILES string of the molecule is CC(C)(C)OC(=O)N1CCN2C(=O)c3c(N4CCOC5(CC5N5CCN6C(=O)c7c(N8CCOC9(CC9)C8)nc(-c8c(O)cccc8F)c(Cl)c7OC[C@H]6C5)C4)nc(-c4c(O)cccc4F)c(Cl)c3OC[C@H]2C1. The Morgan fingerprint density at radius 1 is 0.726 bits per heavy atom. The molecular weight excluding hydrogens is 994 g/mol. The lowest BCUT2D eigenvalue weighted by molar-refractivity contribution is -0.0162. The van der Waals surface area contributed by atoms with Gasteiger partial charge in [-0.15, -0.1) is 0 Å². The van der Waals surface area contributed by atoms with Gasteiger partial charge in [-0.1, -0.05) is 35.3 Å². The molecule has 2 aromatic heterocycles. The minimum Gasteiger partial charge on any atom is -0.507 e. The molecule has 0 bridgehead atoms. The van der Waals surface area contributed by atoms with Crippen LogP contribution >= 0.6 is 23.2 Å². The molecule has 386 valence electrons. The Hall–Kier alpha value is -5.93. The smallest absolute Gasteiger partial charge is 0.410 e. The molecule has 8 aliphatic rings. The molecule has 12 rings (SSSR count). The molecule has 4 aromatic rings. The Kier molecular flexibility index (Phi) is 11.6. The van der Waals surface area contributed by atoms with Gasteiger partial charge < -0.3 is 58.4 Å². The summed E-state index contributed by atoms with van der Waals surface area (Å²) in [5, 5.41) is 21.7. The van der Waals surface area contributed by atoms with E-state index in [9.17, 15) is 24.6 Å². The quantitative estimate of drug-likeness (QED) is 0.231. The van der Waals surface area contributed by atoms with Crippen molar-refractivity contribution >= 4 is 52.7 Å². The second-order valence-electron chi connectivity index (χ2n) is 21.2. The fraction of sp³-hybridized carbons (Fsp3) is 0.510. The number of piperazine rings is 2. The maximum atomic E-state index is 15.7. The molecule has 73 heavy (non-hydrogen) atoms. The van der Waals surface area contributed by atoms with Crippen LogP contribution in [0, 0.1) is 11.6 Å². The first kappa shape index (κ1) is 48.0. The number of morpholine rings is 2. The predicted molar refractivity (Wildman–Crippen MR) is 262 cm³/mol. The summed E-state index contributed by atoms with van der Waals surface area (Å²) < 4.78 is 62.6. The number of halogens is 4. The minimum atomic E-state index is -0.776. The van der Waals surface area contributed by atoms with Crippen LogP contribution in [-0.4, -0.2) is 184 Å². The summed E-state index contributed by atoms with van der Waals surface area (Å²) >= 11 is 14.1. The normalized spacial score (nSPS) is 25.5. The van der Waals surface area contributed by atoms with E-state index < -0.39 is 52.7 Å². The number of anilines is 2. The third-order valence-corrected chi connectivity index (χ3v) is 16.0. The maximum absolute atomic E-state index is 15.7. The highest BCUT2D eigenvalue weighted by Gasteiger charge is 2.62. The molecule has 2 aromatic carbocycles. The van der Waals surface area contributed by atoms with E-state index in [1.165, 1.54) is 36.4 Å². The molecular formula is C51H54Cl2F2N8O10. The summed E-state index contributed by atoms with van der Waals surface area (Å²) in [6.07, 6.45) is 1.82. The van der Waals surface area contributed by atoms with E-state index in [1.807, 2.05) is 9.80 Å². The number of carbonyl (C=O) groups is 3. The van der Waals surface area contributed by atoms with Gasteiger partial charge in [0, 0.05) is 64.9 Å². The van der Waals surface area contributed by atoms with E-state index in [0.717, 1.165) is 12.8 Å². The van der Waals surface area contributed by atoms with Gasteiger partial charge in [-0.05, 0) is 64.3 Å². The van der Waals surface area contributed by atoms with Crippen LogP contribution in [0.5, 0.6) is 23.0 Å². The number of amides is 3. The molecule has 2 unspecified atom stereocenters. The van der Waals surface area contributed by atoms with E-state index in [-0.39, 0.29) is 130 Å². The number of pyridine rings is 2. The molecule has 4 atom stereocenters. The van der Waals surface area contributed by atoms with Gasteiger partial charge in [0.25, 0.3) is 11.8 Å². The zero-order valence-corrected chi connectivity index (χ0v) is 42.0. The van der Waals surface area contributed by atoms with Gasteiger partial charge in [0.2, 0.25) is 0 Å². The van der Waals surface area contributed by atoms with Gasteiger partial charge in [-0.3, -0.25) is 14.5 Å². The van der Waals surface area contributed by atoms with Crippen molar-refractivity contribution in [2.75, 3.05) is 102 Å². The van der Waals surface area contributed by atoms with Crippen molar-refractivity contribution in [3.8, 4) is 45.5 Å². The summed E-state index contributed by atoms with van der Waals surface area (Å²) in [5.41, 5.74) is -2.14. The zero-order chi connectivity index (χ0) is 50.9. The molecule has 2 aliphatic carbocycles. The molecule has 4 saturated heterocycles. The summed E-state index contributed by atoms with van der Waals surface area (Å²) in [7, 11) is 0. The first-order valence-corrected chi connectivity index (χ1v) is 25.5. The van der Waals surface area contributed by atoms with Crippen molar-refractivity contribution in [1.82, 2.24) is 29.6 Å². The number of aromatic hydroxyl groups is 2. The van der Waals surface area contributed by atoms with E-state index in [1.54, 1.807) is 35.5 Å². The average molecular weight is 1050 g/mol. The minimum absolute atomic E-state index is 0.00692. The average Bonchev–Trinajstić information content (AvgIpc) is 4.29. The Balaban J connectivity index is 0.831. The number of carbonyl (C=O) groups excluding carboxylic acids is 3. The van der Waals surface area contributed by atoms with Gasteiger partial charge in [-0.2, -0.15) is 0 Å². The van der Waals surface area contributed by atoms with E-state index in [4.69, 9.17) is 56.9 Å². The Morgan fingerprint density at radius 3 is 1.81 bits per heavy atom. The van der Waals surface area contributed by atoms with Crippen LogP contribution in [0.3, 0.4) is 0 Å². The van der Waals surface area contributed by atoms with Crippen molar-refractivity contribution in [1.29, 1.82) is 0 Å². The highest BCUT2D eigenvalue weighted by atomic mass is 35.5. The largest absolute Gasteiger partial charge is 0.507 e. The number of fused-ring (bicyclic) bond motifs is 4. The number of ether oxygens (including phenoxy) is 5. The molecule has 6 fully saturated rings. The standard InChI is InChI=1S/C51H54Cl2F2N8O10/c1-49(2,3)73-48(68)59-13-15-63-28(22-59)24-70-43-37(47(63)67)45(57-41(39(43)53)35-30(55)7-5-9-32(35)65)61-17-19-72-51(26-61)20-33(51)58-12-14-62-27(21-58)23-69-42-36(46(62)66)44(60-16-18-71-50(25-60)10-11-50)56-40(38(42)52)34-29(54)6-4-8-31(34)64/h4-9,27-28,33,64-65H,10-26H2,1-3H3/t27-,28-,33?,51?/m1/s1. The summed E-state index contributed by atoms with van der Waals surface area (Å²) in [5.74, 6) is -2.45. The Bertz CT molecular complexity index is 2940. The van der Waals surface area contributed by atoms with Crippen molar-refractivity contribution in [3.05, 3.63) is 69.2 Å². The van der Waals surface area contributed by atoms with Crippen LogP contribution in [0.4, 0.5) is 25.2 Å². The first-order chi connectivity index (χ1) is 34.9. The fourth-order valence-corrected chi connectivity index (χ4v) is 12.1. The van der Waals surface area contributed by atoms with Gasteiger partial charge in [-0.25, -0.2) is 23.5 Å². The highest BCUT2D eigenvalue weighted by molar-refractivity contribution is 6.36. The Morgan fingerprint density at radius 2 is 1.26 bits per heavy atom. The van der Waals surface area contributed by atoms with Gasteiger partial charge in [0.05, 0.1) is 48.6 Å². The second-order valence-corrected chi connectivity index (χ2v) is 22.0. The van der Waals surface area contributed by atoms with Crippen molar-refractivity contribution < 1.29 is 57.1 Å². The number of phenolic OH excluding ortho intramolecular Hbond substituents is 2. The molecule has 22 heteroatoms. The molecule has 6 aliphatic heterocycles. The second kappa shape index (κ2) is 17.6. The van der Waals surface area contributed by atoms with Crippen LogP contribution in [0.2, 0.25) is 10.0 Å². The third-order valence-electron chi connectivity index (χ3n) is 15.3. The molecule has 0 radical (unpaired) electrons. The lowest BCUT2D eigenvalue weighted by atomic mass is 10.0. The number of phenols is 2. The van der Waals surface area contributed by atoms with Gasteiger partial charge in [0.1, 0.15) is 91.7 Å². The predicted octanol–water partition coefficient (Wildman–Crippen LogP) is 6.20. The van der Waals surface area contributed by atoms with Crippen molar-refractivity contribution in [2.24, 2.45) is 0 Å². The van der Waals surface area contributed by atoms with Crippen LogP contribution < -0.4 is 19.3 Å². The summed E-state index contributed by atoms with van der Waals surface area (Å²) in [4.78, 5) is 64.1. The summed E-state index contributed by atoms with van der Waals surface area (Å²) in [6, 6.07) is 6.68. The number of benzene rings is 2. The number of hydrogen-bond acceptors (Lipinski definition) is 15. The maximum Gasteiger partial charge on any atom is 0.410 e. The lowest BCUT2D eigenvalue weighted by Gasteiger charge is -2.42. The topological polar surface area (TPSA) is 183 Å². The molecule has 3 amide bonds. The van der Waals surface area contributed by atoms with Crippen LogP contribution in [0.1, 0.15) is 60.7 Å². The van der Waals surface area contributed by atoms with Crippen molar-refractivity contribution in [2.45, 2.75) is 75.0 Å². The van der Waals surface area contributed by atoms with Crippen LogP contribution in [-0.2, 0) is 14.2 Å². The van der Waals surface area contributed by atoms with Gasteiger partial charge >= 0.3 is 6.09 Å². The molecule has 2 N–H and O–H groups in total. The number of nitrogens with zero attached hydrogens (tertiary/aromatic N) is 8. The lowest BCUT2D eigenvalue weighted by Crippen LogP contribution is -2.59. The van der Waals surface area contributed by atoms with Crippen LogP contribution in [0.15, 0.2) is 36.4 Å². The van der Waals surface area contributed by atoms with Crippen LogP contribution in [0.25, 0.3) is 22.5 Å². The van der Waals surface area contributed by atoms with Crippen molar-refractivity contribution in [3.63, 3.8) is 0 Å². The third kappa shape index (κ3) is 8.27. The molecule has 18 nitrogen and oxygen atoms in total. The molecule has 2 saturated carbocycles. The monoisotopic (exact) mass is 1050 g/mol.